The van der Waals surface area contributed by atoms with Crippen LogP contribution in [0, 0.1) is 5.92 Å². The molecule has 0 aromatic heterocycles. The van der Waals surface area contributed by atoms with E-state index in [1.165, 1.54) is 4.90 Å². The molecule has 0 spiro atoms. The summed E-state index contributed by atoms with van der Waals surface area (Å²) < 4.78 is 0. The number of para-hydroxylation sites is 1. The Morgan fingerprint density at radius 1 is 1.30 bits per heavy atom. The third-order valence-electron chi connectivity index (χ3n) is 2.84. The van der Waals surface area contributed by atoms with Crippen LogP contribution >= 0.6 is 0 Å². The van der Waals surface area contributed by atoms with Crippen molar-refractivity contribution in [2.75, 3.05) is 5.32 Å². The number of nitrogens with one attached hydrogen (secondary N) is 1. The van der Waals surface area contributed by atoms with Crippen molar-refractivity contribution >= 4 is 18.0 Å². The number of carbonyl (C=O) groups excluding carboxylic acids is 2. The van der Waals surface area contributed by atoms with Gasteiger partial charge in [0, 0.05) is 11.9 Å². The second kappa shape index (κ2) is 8.15. The molecule has 1 unspecified atom stereocenters. The third kappa shape index (κ3) is 4.88. The van der Waals surface area contributed by atoms with E-state index in [2.05, 4.69) is 5.32 Å². The van der Waals surface area contributed by atoms with Crippen LogP contribution in [0.3, 0.4) is 0 Å². The van der Waals surface area contributed by atoms with Gasteiger partial charge in [0.25, 0.3) is 0 Å². The summed E-state index contributed by atoms with van der Waals surface area (Å²) in [5.74, 6) is 0.143. The zero-order chi connectivity index (χ0) is 15.0. The first-order valence-corrected chi connectivity index (χ1v) is 6.80. The van der Waals surface area contributed by atoms with Gasteiger partial charge in [0.05, 0.1) is 0 Å². The third-order valence-corrected chi connectivity index (χ3v) is 2.84. The van der Waals surface area contributed by atoms with E-state index in [0.29, 0.717) is 18.7 Å². The molecule has 20 heavy (non-hydrogen) atoms. The highest BCUT2D eigenvalue weighted by Crippen LogP contribution is 2.14. The summed E-state index contributed by atoms with van der Waals surface area (Å²) in [7, 11) is 0. The first-order chi connectivity index (χ1) is 9.58. The maximum Gasteiger partial charge on any atom is 0.247 e. The number of allylic oxidation sites excluding steroid dienone is 1. The molecule has 1 aromatic rings. The van der Waals surface area contributed by atoms with Gasteiger partial charge in [-0.25, -0.2) is 0 Å². The van der Waals surface area contributed by atoms with Crippen LogP contribution in [0.25, 0.3) is 0 Å². The van der Waals surface area contributed by atoms with Crippen molar-refractivity contribution in [2.45, 2.75) is 33.2 Å². The lowest BCUT2D eigenvalue weighted by Gasteiger charge is -2.26. The lowest BCUT2D eigenvalue weighted by molar-refractivity contribution is -0.127. The van der Waals surface area contributed by atoms with E-state index >= 15 is 0 Å². The summed E-state index contributed by atoms with van der Waals surface area (Å²) in [6.45, 7) is 5.88. The van der Waals surface area contributed by atoms with Crippen LogP contribution < -0.4 is 5.32 Å². The molecule has 1 rings (SSSR count). The Bertz CT molecular complexity index is 455. The smallest absolute Gasteiger partial charge is 0.247 e. The molecule has 0 aliphatic carbocycles. The summed E-state index contributed by atoms with van der Waals surface area (Å²) in [6, 6.07) is 8.76. The second-order valence-electron chi connectivity index (χ2n) is 5.04. The molecule has 4 nitrogen and oxygen atoms in total. The number of hydrogen-bond acceptors (Lipinski definition) is 2. The normalized spacial score (nSPS) is 12.4. The largest absolute Gasteiger partial charge is 0.324 e. The van der Waals surface area contributed by atoms with E-state index in [9.17, 15) is 9.59 Å². The molecule has 0 aliphatic rings. The molecule has 0 heterocycles. The minimum Gasteiger partial charge on any atom is -0.324 e. The number of anilines is 1. The Hall–Kier alpha value is -2.10. The van der Waals surface area contributed by atoms with Crippen molar-refractivity contribution in [2.24, 2.45) is 5.92 Å². The summed E-state index contributed by atoms with van der Waals surface area (Å²) >= 11 is 0. The fourth-order valence-corrected chi connectivity index (χ4v) is 1.94. The molecular formula is C16H22N2O2. The number of nitrogens with zero attached hydrogens (tertiary/aromatic N) is 1. The molecule has 0 aliphatic heterocycles. The molecule has 0 radical (unpaired) electrons. The highest BCUT2D eigenvalue weighted by Gasteiger charge is 2.24. The monoisotopic (exact) mass is 274 g/mol. The molecular weight excluding hydrogens is 252 g/mol. The van der Waals surface area contributed by atoms with Crippen molar-refractivity contribution in [1.82, 2.24) is 4.90 Å². The minimum absolute atomic E-state index is 0.171. The van der Waals surface area contributed by atoms with E-state index in [4.69, 9.17) is 0 Å². The van der Waals surface area contributed by atoms with Gasteiger partial charge in [0.1, 0.15) is 6.04 Å². The average Bonchev–Trinajstić information content (AvgIpc) is 2.43. The quantitative estimate of drug-likeness (QED) is 0.777. The zero-order valence-electron chi connectivity index (χ0n) is 12.2. The molecule has 1 atom stereocenters. The highest BCUT2D eigenvalue weighted by atomic mass is 16.2. The Morgan fingerprint density at radius 3 is 2.45 bits per heavy atom. The van der Waals surface area contributed by atoms with Crippen LogP contribution in [0.2, 0.25) is 0 Å². The number of benzene rings is 1. The topological polar surface area (TPSA) is 49.4 Å². The summed E-state index contributed by atoms with van der Waals surface area (Å²) in [5.41, 5.74) is 0.734. The van der Waals surface area contributed by atoms with Gasteiger partial charge < -0.3 is 10.2 Å². The minimum atomic E-state index is -0.496. The van der Waals surface area contributed by atoms with Crippen molar-refractivity contribution in [3.8, 4) is 0 Å². The van der Waals surface area contributed by atoms with Crippen LogP contribution in [0.5, 0.6) is 0 Å². The van der Waals surface area contributed by atoms with Gasteiger partial charge in [-0.2, -0.15) is 0 Å². The van der Waals surface area contributed by atoms with Crippen LogP contribution in [0.1, 0.15) is 27.2 Å². The number of rotatable bonds is 7. The highest BCUT2D eigenvalue weighted by molar-refractivity contribution is 5.95. The SMILES string of the molecule is CC=CN(C=O)C(CC(C)C)C(=O)Nc1ccccc1. The molecule has 0 saturated heterocycles. The maximum atomic E-state index is 12.4. The van der Waals surface area contributed by atoms with E-state index in [1.54, 1.807) is 12.3 Å². The number of amides is 2. The van der Waals surface area contributed by atoms with E-state index < -0.39 is 6.04 Å². The second-order valence-corrected chi connectivity index (χ2v) is 5.04. The molecule has 0 bridgehead atoms. The number of hydrogen-bond donors (Lipinski definition) is 1. The zero-order valence-corrected chi connectivity index (χ0v) is 12.2. The molecule has 4 heteroatoms. The predicted octanol–water partition coefficient (Wildman–Crippen LogP) is 3.03. The van der Waals surface area contributed by atoms with Gasteiger partial charge >= 0.3 is 0 Å². The molecule has 108 valence electrons. The van der Waals surface area contributed by atoms with Crippen molar-refractivity contribution in [1.29, 1.82) is 0 Å². The van der Waals surface area contributed by atoms with Gasteiger partial charge in [-0.1, -0.05) is 38.1 Å². The van der Waals surface area contributed by atoms with Crippen LogP contribution in [0.15, 0.2) is 42.6 Å². The van der Waals surface area contributed by atoms with E-state index in [-0.39, 0.29) is 5.91 Å². The first-order valence-electron chi connectivity index (χ1n) is 6.80. The van der Waals surface area contributed by atoms with E-state index in [1.807, 2.05) is 51.1 Å². The van der Waals surface area contributed by atoms with Crippen molar-refractivity contribution < 1.29 is 9.59 Å². The fourth-order valence-electron chi connectivity index (χ4n) is 1.94. The molecule has 0 fully saturated rings. The van der Waals surface area contributed by atoms with E-state index in [0.717, 1.165) is 5.69 Å². The fraction of sp³-hybridized carbons (Fsp3) is 0.375. The Morgan fingerprint density at radius 2 is 1.95 bits per heavy atom. The first kappa shape index (κ1) is 16.0. The number of carbonyl (C=O) groups is 2. The van der Waals surface area contributed by atoms with Crippen LogP contribution in [0.4, 0.5) is 5.69 Å². The lowest BCUT2D eigenvalue weighted by atomic mass is 10.0. The van der Waals surface area contributed by atoms with Crippen molar-refractivity contribution in [3.63, 3.8) is 0 Å². The lowest BCUT2D eigenvalue weighted by Crippen LogP contribution is -2.41. The maximum absolute atomic E-state index is 12.4. The average molecular weight is 274 g/mol. The molecule has 0 saturated carbocycles. The molecule has 1 N–H and O–H groups in total. The Labute approximate surface area is 120 Å². The summed E-state index contributed by atoms with van der Waals surface area (Å²) in [5, 5.41) is 2.85. The standard InChI is InChI=1S/C16H22N2O2/c1-4-10-18(12-19)15(11-13(2)3)16(20)17-14-8-6-5-7-9-14/h4-10,12-13,15H,11H2,1-3H3,(H,17,20). The summed E-state index contributed by atoms with van der Waals surface area (Å²) in [6.07, 6.45) is 4.68. The Kier molecular flexibility index (Phi) is 6.50. The Balaban J connectivity index is 2.86. The van der Waals surface area contributed by atoms with Crippen LogP contribution in [-0.2, 0) is 9.59 Å². The van der Waals surface area contributed by atoms with Crippen LogP contribution in [-0.4, -0.2) is 23.3 Å². The van der Waals surface area contributed by atoms with Gasteiger partial charge in [-0.3, -0.25) is 9.59 Å². The van der Waals surface area contributed by atoms with Gasteiger partial charge in [0.15, 0.2) is 0 Å². The van der Waals surface area contributed by atoms with Gasteiger partial charge in [0.2, 0.25) is 12.3 Å². The van der Waals surface area contributed by atoms with Gasteiger partial charge in [-0.15, -0.1) is 0 Å². The van der Waals surface area contributed by atoms with Crippen molar-refractivity contribution in [3.05, 3.63) is 42.6 Å². The predicted molar refractivity (Wildman–Crippen MR) is 81.0 cm³/mol. The van der Waals surface area contributed by atoms with Gasteiger partial charge in [-0.05, 0) is 31.4 Å². The summed E-state index contributed by atoms with van der Waals surface area (Å²) in [4.78, 5) is 25.0. The molecule has 2 amide bonds. The molecule has 1 aromatic carbocycles.